The largest absolute Gasteiger partial charge is 0.370 e. The van der Waals surface area contributed by atoms with Crippen LogP contribution in [0.5, 0.6) is 0 Å². The molecule has 0 aliphatic carbocycles. The Morgan fingerprint density at radius 3 is 2.42 bits per heavy atom. The van der Waals surface area contributed by atoms with Gasteiger partial charge in [0, 0.05) is 67.8 Å². The van der Waals surface area contributed by atoms with Gasteiger partial charge in [0.05, 0.1) is 0 Å². The normalized spacial score (nSPS) is 20.4. The Morgan fingerprint density at radius 2 is 1.74 bits per heavy atom. The molecule has 6 nitrogen and oxygen atoms in total. The van der Waals surface area contributed by atoms with Gasteiger partial charge in [-0.2, -0.15) is 0 Å². The molecule has 2 aliphatic heterocycles. The topological polar surface area (TPSA) is 47.5 Å². The van der Waals surface area contributed by atoms with Crippen molar-refractivity contribution >= 4 is 11.5 Å². The van der Waals surface area contributed by atoms with Crippen molar-refractivity contribution in [2.45, 2.75) is 46.1 Å². The number of hydrogen-bond donors (Lipinski definition) is 1. The van der Waals surface area contributed by atoms with Crippen molar-refractivity contribution in [3.63, 3.8) is 0 Å². The van der Waals surface area contributed by atoms with Gasteiger partial charge in [-0.05, 0) is 77.9 Å². The highest BCUT2D eigenvalue weighted by Crippen LogP contribution is 2.25. The monoisotopic (exact) mass is 422 g/mol. The number of nitrogens with one attached hydrogen (secondary N) is 1. The molecule has 168 valence electrons. The fourth-order valence-corrected chi connectivity index (χ4v) is 4.63. The lowest BCUT2D eigenvalue weighted by molar-refractivity contribution is 0.268. The zero-order valence-electron chi connectivity index (χ0n) is 19.7. The van der Waals surface area contributed by atoms with Gasteiger partial charge in [0.2, 0.25) is 0 Å². The number of nitrogens with zero attached hydrogens (tertiary/aromatic N) is 5. The van der Waals surface area contributed by atoms with Gasteiger partial charge in [-0.25, -0.2) is 9.97 Å². The van der Waals surface area contributed by atoms with Gasteiger partial charge in [0.15, 0.2) is 5.82 Å². The highest BCUT2D eigenvalue weighted by atomic mass is 15.2. The summed E-state index contributed by atoms with van der Waals surface area (Å²) in [5.74, 6) is 1.78. The average molecular weight is 423 g/mol. The molecular weight excluding hydrogens is 384 g/mol. The SMILES string of the molecule is Cc1nc(-c2ccc(N3CCN(C)CC3)cc2)nc(NCCCN2CCC[C@H]2C)c1C. The molecule has 0 unspecified atom stereocenters. The van der Waals surface area contributed by atoms with Crippen molar-refractivity contribution in [2.75, 3.05) is 63.1 Å². The summed E-state index contributed by atoms with van der Waals surface area (Å²) in [5.41, 5.74) is 4.56. The van der Waals surface area contributed by atoms with E-state index in [9.17, 15) is 0 Å². The van der Waals surface area contributed by atoms with Crippen LogP contribution in [0.1, 0.15) is 37.4 Å². The second-order valence-electron chi connectivity index (χ2n) is 9.25. The Balaban J connectivity index is 1.39. The van der Waals surface area contributed by atoms with E-state index in [0.29, 0.717) is 0 Å². The van der Waals surface area contributed by atoms with Gasteiger partial charge < -0.3 is 20.0 Å². The number of aryl methyl sites for hydroxylation is 1. The van der Waals surface area contributed by atoms with E-state index < -0.39 is 0 Å². The Hall–Kier alpha value is -2.18. The highest BCUT2D eigenvalue weighted by Gasteiger charge is 2.19. The van der Waals surface area contributed by atoms with Gasteiger partial charge in [-0.1, -0.05) is 0 Å². The molecule has 1 atom stereocenters. The van der Waals surface area contributed by atoms with E-state index in [2.05, 4.69) is 72.1 Å². The molecule has 0 saturated carbocycles. The van der Waals surface area contributed by atoms with Crippen LogP contribution >= 0.6 is 0 Å². The molecule has 1 N–H and O–H groups in total. The lowest BCUT2D eigenvalue weighted by Crippen LogP contribution is -2.44. The first-order chi connectivity index (χ1) is 15.0. The number of aromatic nitrogens is 2. The number of piperazine rings is 1. The van der Waals surface area contributed by atoms with E-state index in [-0.39, 0.29) is 0 Å². The molecule has 2 saturated heterocycles. The van der Waals surface area contributed by atoms with Crippen molar-refractivity contribution in [3.8, 4) is 11.4 Å². The fraction of sp³-hybridized carbons (Fsp3) is 0.600. The first kappa shape index (κ1) is 22.0. The maximum atomic E-state index is 4.88. The number of rotatable bonds is 7. The molecular formula is C25H38N6. The predicted octanol–water partition coefficient (Wildman–Crippen LogP) is 3.80. The second-order valence-corrected chi connectivity index (χ2v) is 9.25. The quantitative estimate of drug-likeness (QED) is 0.685. The average Bonchev–Trinajstić information content (AvgIpc) is 3.19. The Labute approximate surface area is 187 Å². The summed E-state index contributed by atoms with van der Waals surface area (Å²) in [6, 6.07) is 9.49. The molecule has 2 aliphatic rings. The summed E-state index contributed by atoms with van der Waals surface area (Å²) >= 11 is 0. The summed E-state index contributed by atoms with van der Waals surface area (Å²) in [7, 11) is 2.19. The molecule has 4 rings (SSSR count). The number of hydrogen-bond acceptors (Lipinski definition) is 6. The van der Waals surface area contributed by atoms with E-state index in [1.54, 1.807) is 0 Å². The van der Waals surface area contributed by atoms with E-state index in [1.165, 1.54) is 25.1 Å². The summed E-state index contributed by atoms with van der Waals surface area (Å²) in [6.07, 6.45) is 3.83. The number of benzene rings is 1. The Kier molecular flexibility index (Phi) is 7.08. The molecule has 1 aromatic carbocycles. The first-order valence-corrected chi connectivity index (χ1v) is 11.9. The van der Waals surface area contributed by atoms with E-state index in [4.69, 9.17) is 9.97 Å². The van der Waals surface area contributed by atoms with Crippen molar-refractivity contribution in [3.05, 3.63) is 35.5 Å². The molecule has 6 heteroatoms. The minimum atomic E-state index is 0.739. The van der Waals surface area contributed by atoms with Gasteiger partial charge >= 0.3 is 0 Å². The van der Waals surface area contributed by atoms with Gasteiger partial charge in [-0.3, -0.25) is 0 Å². The summed E-state index contributed by atoms with van der Waals surface area (Å²) in [5, 5.41) is 3.58. The molecule has 2 aromatic rings. The van der Waals surface area contributed by atoms with Crippen LogP contribution in [0.2, 0.25) is 0 Å². The standard InChI is InChI=1S/C25H38N6/c1-19-7-5-13-30(19)14-6-12-26-24-20(2)21(3)27-25(28-24)22-8-10-23(11-9-22)31-17-15-29(4)16-18-31/h8-11,19H,5-7,12-18H2,1-4H3,(H,26,27,28)/t19-/m1/s1. The molecule has 0 spiro atoms. The maximum Gasteiger partial charge on any atom is 0.161 e. The molecule has 2 fully saturated rings. The van der Waals surface area contributed by atoms with Gasteiger partial charge in [0.25, 0.3) is 0 Å². The van der Waals surface area contributed by atoms with Crippen LogP contribution in [0, 0.1) is 13.8 Å². The lowest BCUT2D eigenvalue weighted by Gasteiger charge is -2.34. The molecule has 3 heterocycles. The third-order valence-corrected chi connectivity index (χ3v) is 6.99. The summed E-state index contributed by atoms with van der Waals surface area (Å²) < 4.78 is 0. The molecule has 1 aromatic heterocycles. The van der Waals surface area contributed by atoms with Crippen LogP contribution in [0.25, 0.3) is 11.4 Å². The number of likely N-dealkylation sites (tertiary alicyclic amines) is 1. The summed E-state index contributed by atoms with van der Waals surface area (Å²) in [4.78, 5) is 17.1. The van der Waals surface area contributed by atoms with Crippen LogP contribution in [0.3, 0.4) is 0 Å². The molecule has 0 bridgehead atoms. The Bertz CT molecular complexity index is 857. The predicted molar refractivity (Wildman–Crippen MR) is 130 cm³/mol. The molecule has 31 heavy (non-hydrogen) atoms. The first-order valence-electron chi connectivity index (χ1n) is 11.9. The molecule has 0 amide bonds. The van der Waals surface area contributed by atoms with Crippen LogP contribution in [0.4, 0.5) is 11.5 Å². The van der Waals surface area contributed by atoms with E-state index in [0.717, 1.165) is 80.2 Å². The van der Waals surface area contributed by atoms with Crippen molar-refractivity contribution in [1.82, 2.24) is 19.8 Å². The minimum Gasteiger partial charge on any atom is -0.370 e. The van der Waals surface area contributed by atoms with Crippen molar-refractivity contribution in [2.24, 2.45) is 0 Å². The van der Waals surface area contributed by atoms with Crippen LogP contribution in [-0.2, 0) is 0 Å². The molecule has 0 radical (unpaired) electrons. The van der Waals surface area contributed by atoms with Gasteiger partial charge in [-0.15, -0.1) is 0 Å². The highest BCUT2D eigenvalue weighted by molar-refractivity contribution is 5.63. The van der Waals surface area contributed by atoms with Crippen LogP contribution < -0.4 is 10.2 Å². The lowest BCUT2D eigenvalue weighted by atomic mass is 10.1. The third-order valence-electron chi connectivity index (χ3n) is 6.99. The van der Waals surface area contributed by atoms with E-state index in [1.807, 2.05) is 0 Å². The zero-order chi connectivity index (χ0) is 21.8. The maximum absolute atomic E-state index is 4.88. The van der Waals surface area contributed by atoms with Crippen molar-refractivity contribution < 1.29 is 0 Å². The summed E-state index contributed by atoms with van der Waals surface area (Å²) in [6.45, 7) is 14.3. The van der Waals surface area contributed by atoms with E-state index >= 15 is 0 Å². The van der Waals surface area contributed by atoms with Crippen LogP contribution in [0.15, 0.2) is 24.3 Å². The smallest absolute Gasteiger partial charge is 0.161 e. The number of anilines is 2. The minimum absolute atomic E-state index is 0.739. The van der Waals surface area contributed by atoms with Gasteiger partial charge in [0.1, 0.15) is 5.82 Å². The number of likely N-dealkylation sites (N-methyl/N-ethyl adjacent to an activating group) is 1. The second kappa shape index (κ2) is 9.96. The third kappa shape index (κ3) is 5.36. The Morgan fingerprint density at radius 1 is 1.00 bits per heavy atom. The van der Waals surface area contributed by atoms with Crippen LogP contribution in [-0.4, -0.2) is 78.7 Å². The van der Waals surface area contributed by atoms with Crippen molar-refractivity contribution in [1.29, 1.82) is 0 Å². The zero-order valence-corrected chi connectivity index (χ0v) is 19.7. The fourth-order valence-electron chi connectivity index (χ4n) is 4.63.